The lowest BCUT2D eigenvalue weighted by molar-refractivity contribution is 0.0482. The average molecular weight is 310 g/mol. The summed E-state index contributed by atoms with van der Waals surface area (Å²) in [7, 11) is 0. The molecule has 0 radical (unpaired) electrons. The number of unbranched alkanes of at least 4 members (excludes halogenated alkanes) is 8. The van der Waals surface area contributed by atoms with Crippen LogP contribution in [-0.2, 0) is 4.74 Å². The Morgan fingerprint density at radius 2 is 1.59 bits per heavy atom. The van der Waals surface area contributed by atoms with Crippen LogP contribution in [-0.4, -0.2) is 19.2 Å². The SMILES string of the molecule is CCCCCCCCCCCOc1ccc(C(=O)OCC)o1. The molecule has 0 N–H and O–H groups in total. The van der Waals surface area contributed by atoms with Gasteiger partial charge in [-0.1, -0.05) is 58.3 Å². The molecule has 4 heteroatoms. The molecule has 0 aliphatic carbocycles. The fourth-order valence-electron chi connectivity index (χ4n) is 2.30. The first-order chi connectivity index (χ1) is 10.8. The number of carbonyl (C=O) groups is 1. The summed E-state index contributed by atoms with van der Waals surface area (Å²) in [4.78, 5) is 11.4. The molecular weight excluding hydrogens is 280 g/mol. The van der Waals surface area contributed by atoms with Crippen LogP contribution < -0.4 is 4.74 Å². The summed E-state index contributed by atoms with van der Waals surface area (Å²) in [6.45, 7) is 4.98. The van der Waals surface area contributed by atoms with E-state index in [1.54, 1.807) is 19.1 Å². The molecule has 22 heavy (non-hydrogen) atoms. The van der Waals surface area contributed by atoms with Crippen molar-refractivity contribution >= 4 is 5.97 Å². The highest BCUT2D eigenvalue weighted by Crippen LogP contribution is 2.17. The van der Waals surface area contributed by atoms with Crippen LogP contribution in [0.15, 0.2) is 16.5 Å². The summed E-state index contributed by atoms with van der Waals surface area (Å²) in [6, 6.07) is 3.25. The molecular formula is C18H30O4. The topological polar surface area (TPSA) is 48.7 Å². The lowest BCUT2D eigenvalue weighted by Crippen LogP contribution is -2.02. The van der Waals surface area contributed by atoms with Gasteiger partial charge in [0, 0.05) is 6.07 Å². The van der Waals surface area contributed by atoms with E-state index in [0.29, 0.717) is 19.2 Å². The number of esters is 1. The number of hydrogen-bond acceptors (Lipinski definition) is 4. The van der Waals surface area contributed by atoms with Crippen LogP contribution in [0, 0.1) is 0 Å². The van der Waals surface area contributed by atoms with Crippen molar-refractivity contribution in [1.29, 1.82) is 0 Å². The molecule has 0 bridgehead atoms. The molecule has 1 aromatic rings. The van der Waals surface area contributed by atoms with Crippen molar-refractivity contribution in [3.63, 3.8) is 0 Å². The Kier molecular flexibility index (Phi) is 10.3. The van der Waals surface area contributed by atoms with Gasteiger partial charge in [-0.05, 0) is 19.4 Å². The smallest absolute Gasteiger partial charge is 0.374 e. The minimum Gasteiger partial charge on any atom is -0.465 e. The highest BCUT2D eigenvalue weighted by atomic mass is 16.6. The molecule has 0 saturated heterocycles. The Labute approximate surface area is 134 Å². The molecule has 0 spiro atoms. The summed E-state index contributed by atoms with van der Waals surface area (Å²) >= 11 is 0. The van der Waals surface area contributed by atoms with Crippen LogP contribution in [0.5, 0.6) is 5.95 Å². The molecule has 0 atom stereocenters. The van der Waals surface area contributed by atoms with Crippen LogP contribution in [0.1, 0.15) is 82.2 Å². The number of furan rings is 1. The molecule has 0 saturated carbocycles. The van der Waals surface area contributed by atoms with E-state index in [-0.39, 0.29) is 5.76 Å². The van der Waals surface area contributed by atoms with E-state index < -0.39 is 5.97 Å². The molecule has 1 heterocycles. The van der Waals surface area contributed by atoms with E-state index in [1.165, 1.54) is 51.4 Å². The van der Waals surface area contributed by atoms with Gasteiger partial charge in [-0.25, -0.2) is 4.79 Å². The van der Waals surface area contributed by atoms with E-state index in [1.807, 2.05) is 0 Å². The molecule has 0 amide bonds. The van der Waals surface area contributed by atoms with E-state index in [4.69, 9.17) is 13.9 Å². The summed E-state index contributed by atoms with van der Waals surface area (Å²) in [6.07, 6.45) is 11.5. The number of carbonyl (C=O) groups excluding carboxylic acids is 1. The summed E-state index contributed by atoms with van der Waals surface area (Å²) in [5.74, 6) is 0.145. The molecule has 0 fully saturated rings. The van der Waals surface area contributed by atoms with Gasteiger partial charge in [0.25, 0.3) is 5.95 Å². The zero-order valence-corrected chi connectivity index (χ0v) is 14.1. The van der Waals surface area contributed by atoms with Gasteiger partial charge in [0.15, 0.2) is 0 Å². The average Bonchev–Trinajstić information content (AvgIpc) is 2.98. The third-order valence-corrected chi connectivity index (χ3v) is 3.55. The second-order valence-corrected chi connectivity index (χ2v) is 5.52. The van der Waals surface area contributed by atoms with Crippen molar-refractivity contribution in [2.45, 2.75) is 71.6 Å². The fraction of sp³-hybridized carbons (Fsp3) is 0.722. The van der Waals surface area contributed by atoms with Gasteiger partial charge < -0.3 is 13.9 Å². The quantitative estimate of drug-likeness (QED) is 0.363. The van der Waals surface area contributed by atoms with E-state index in [9.17, 15) is 4.79 Å². The van der Waals surface area contributed by atoms with Crippen molar-refractivity contribution in [3.05, 3.63) is 17.9 Å². The summed E-state index contributed by atoms with van der Waals surface area (Å²) in [5.41, 5.74) is 0. The predicted octanol–water partition coefficient (Wildman–Crippen LogP) is 5.37. The lowest BCUT2D eigenvalue weighted by Gasteiger charge is -2.03. The highest BCUT2D eigenvalue weighted by molar-refractivity contribution is 5.86. The first-order valence-electron chi connectivity index (χ1n) is 8.67. The van der Waals surface area contributed by atoms with Crippen molar-refractivity contribution in [3.8, 4) is 5.95 Å². The monoisotopic (exact) mass is 310 g/mol. The van der Waals surface area contributed by atoms with Crippen molar-refractivity contribution < 1.29 is 18.7 Å². The van der Waals surface area contributed by atoms with Crippen LogP contribution in [0.25, 0.3) is 0 Å². The van der Waals surface area contributed by atoms with Crippen LogP contribution >= 0.6 is 0 Å². The zero-order chi connectivity index (χ0) is 16.0. The molecule has 1 rings (SSSR count). The van der Waals surface area contributed by atoms with Gasteiger partial charge in [-0.15, -0.1) is 0 Å². The van der Waals surface area contributed by atoms with Gasteiger partial charge in [-0.2, -0.15) is 0 Å². The van der Waals surface area contributed by atoms with Crippen LogP contribution in [0.4, 0.5) is 0 Å². The van der Waals surface area contributed by atoms with Crippen molar-refractivity contribution in [2.75, 3.05) is 13.2 Å². The molecule has 4 nitrogen and oxygen atoms in total. The Hall–Kier alpha value is -1.45. The summed E-state index contributed by atoms with van der Waals surface area (Å²) < 4.78 is 15.6. The highest BCUT2D eigenvalue weighted by Gasteiger charge is 2.12. The molecule has 0 unspecified atom stereocenters. The minimum absolute atomic E-state index is 0.198. The van der Waals surface area contributed by atoms with E-state index in [2.05, 4.69) is 6.92 Å². The Morgan fingerprint density at radius 3 is 2.23 bits per heavy atom. The first-order valence-corrected chi connectivity index (χ1v) is 8.67. The Balaban J connectivity index is 2.00. The van der Waals surface area contributed by atoms with Crippen molar-refractivity contribution in [1.82, 2.24) is 0 Å². The zero-order valence-electron chi connectivity index (χ0n) is 14.1. The molecule has 0 aliphatic heterocycles. The third-order valence-electron chi connectivity index (χ3n) is 3.55. The second-order valence-electron chi connectivity index (χ2n) is 5.52. The maximum absolute atomic E-state index is 11.4. The van der Waals surface area contributed by atoms with Crippen molar-refractivity contribution in [2.24, 2.45) is 0 Å². The number of rotatable bonds is 13. The third kappa shape index (κ3) is 8.11. The molecule has 0 aromatic carbocycles. The second kappa shape index (κ2) is 12.1. The van der Waals surface area contributed by atoms with Gasteiger partial charge in [0.1, 0.15) is 0 Å². The number of ether oxygens (including phenoxy) is 2. The Bertz CT molecular complexity index is 398. The van der Waals surface area contributed by atoms with Gasteiger partial charge in [-0.3, -0.25) is 0 Å². The Morgan fingerprint density at radius 1 is 0.955 bits per heavy atom. The lowest BCUT2D eigenvalue weighted by atomic mass is 10.1. The van der Waals surface area contributed by atoms with E-state index in [0.717, 1.165) is 6.42 Å². The molecule has 126 valence electrons. The fourth-order valence-corrected chi connectivity index (χ4v) is 2.30. The van der Waals surface area contributed by atoms with Gasteiger partial charge >= 0.3 is 5.97 Å². The number of hydrogen-bond donors (Lipinski definition) is 0. The normalized spacial score (nSPS) is 10.6. The molecule has 1 aromatic heterocycles. The summed E-state index contributed by atoms with van der Waals surface area (Å²) in [5, 5.41) is 0. The van der Waals surface area contributed by atoms with Crippen LogP contribution in [0.3, 0.4) is 0 Å². The standard InChI is InChI=1S/C18H30O4/c1-3-5-6-7-8-9-10-11-12-15-21-17-14-13-16(22-17)18(19)20-4-2/h13-14H,3-12,15H2,1-2H3. The van der Waals surface area contributed by atoms with Gasteiger partial charge in [0.2, 0.25) is 5.76 Å². The maximum Gasteiger partial charge on any atom is 0.374 e. The largest absolute Gasteiger partial charge is 0.465 e. The maximum atomic E-state index is 11.4. The molecule has 0 aliphatic rings. The first kappa shape index (κ1) is 18.6. The van der Waals surface area contributed by atoms with E-state index >= 15 is 0 Å². The predicted molar refractivity (Wildman–Crippen MR) is 87.4 cm³/mol. The minimum atomic E-state index is -0.444. The van der Waals surface area contributed by atoms with Crippen LogP contribution in [0.2, 0.25) is 0 Å². The van der Waals surface area contributed by atoms with Gasteiger partial charge in [0.05, 0.1) is 13.2 Å².